The normalized spacial score (nSPS) is 15.4. The van der Waals surface area contributed by atoms with Gasteiger partial charge in [0.25, 0.3) is 5.91 Å². The fourth-order valence-corrected chi connectivity index (χ4v) is 4.70. The van der Waals surface area contributed by atoms with E-state index in [4.69, 9.17) is 9.84 Å². The first-order chi connectivity index (χ1) is 17.5. The van der Waals surface area contributed by atoms with Crippen LogP contribution < -0.4 is 10.1 Å². The minimum atomic E-state index is -0.886. The van der Waals surface area contributed by atoms with Gasteiger partial charge in [0, 0.05) is 10.9 Å². The van der Waals surface area contributed by atoms with Gasteiger partial charge in [-0.25, -0.2) is 4.99 Å². The van der Waals surface area contributed by atoms with E-state index in [2.05, 4.69) is 10.3 Å². The van der Waals surface area contributed by atoms with Gasteiger partial charge in [0.05, 0.1) is 17.0 Å². The molecule has 178 valence electrons. The van der Waals surface area contributed by atoms with Gasteiger partial charge < -0.3 is 15.2 Å². The molecule has 1 amide bonds. The van der Waals surface area contributed by atoms with Crippen LogP contribution in [0.1, 0.15) is 16.7 Å². The van der Waals surface area contributed by atoms with Gasteiger partial charge in [-0.2, -0.15) is 0 Å². The number of amides is 1. The van der Waals surface area contributed by atoms with Crippen LogP contribution in [0.3, 0.4) is 0 Å². The number of carboxylic acid groups (broad SMARTS) is 1. The molecule has 6 nitrogen and oxygen atoms in total. The summed E-state index contributed by atoms with van der Waals surface area (Å²) < 4.78 is 6.29. The fourth-order valence-electron chi connectivity index (χ4n) is 3.87. The third kappa shape index (κ3) is 5.47. The van der Waals surface area contributed by atoms with Gasteiger partial charge in [-0.15, -0.1) is 0 Å². The number of rotatable bonds is 7. The average molecular weight is 495 g/mol. The van der Waals surface area contributed by atoms with E-state index >= 15 is 0 Å². The van der Waals surface area contributed by atoms with Crippen LogP contribution in [0.4, 0.5) is 5.69 Å². The number of fused-ring (bicyclic) bond motifs is 1. The van der Waals surface area contributed by atoms with Crippen LogP contribution in [-0.2, 0) is 22.6 Å². The van der Waals surface area contributed by atoms with Crippen LogP contribution in [0, 0.1) is 0 Å². The Kier molecular flexibility index (Phi) is 6.82. The fraction of sp³-hybridized carbons (Fsp3) is 0.0690. The van der Waals surface area contributed by atoms with Crippen LogP contribution in [-0.4, -0.2) is 22.2 Å². The number of carboxylic acids is 1. The van der Waals surface area contributed by atoms with E-state index in [0.29, 0.717) is 27.9 Å². The topological polar surface area (TPSA) is 88.0 Å². The Morgan fingerprint density at radius 1 is 0.917 bits per heavy atom. The lowest BCUT2D eigenvalue weighted by Crippen LogP contribution is -2.19. The maximum atomic E-state index is 12.7. The number of aliphatic imine (C=N–C) groups is 1. The molecule has 0 saturated carbocycles. The zero-order chi connectivity index (χ0) is 24.9. The van der Waals surface area contributed by atoms with Gasteiger partial charge in [0.2, 0.25) is 0 Å². The first-order valence-corrected chi connectivity index (χ1v) is 12.2. The number of benzene rings is 4. The number of nitrogens with zero attached hydrogens (tertiary/aromatic N) is 1. The van der Waals surface area contributed by atoms with Crippen molar-refractivity contribution in [3.8, 4) is 5.75 Å². The number of carbonyl (C=O) groups is 2. The number of hydrogen-bond donors (Lipinski definition) is 2. The predicted octanol–water partition coefficient (Wildman–Crippen LogP) is 5.94. The molecule has 1 fully saturated rings. The van der Waals surface area contributed by atoms with Crippen molar-refractivity contribution < 1.29 is 19.4 Å². The van der Waals surface area contributed by atoms with Gasteiger partial charge in [0.15, 0.2) is 5.17 Å². The molecule has 0 bridgehead atoms. The van der Waals surface area contributed by atoms with Crippen molar-refractivity contribution in [1.82, 2.24) is 5.32 Å². The molecule has 0 spiro atoms. The molecule has 1 heterocycles. The molecular formula is C29H22N2O4S. The van der Waals surface area contributed by atoms with E-state index in [1.54, 1.807) is 24.3 Å². The van der Waals surface area contributed by atoms with Gasteiger partial charge in [0.1, 0.15) is 12.4 Å². The van der Waals surface area contributed by atoms with E-state index in [9.17, 15) is 9.59 Å². The Hall–Kier alpha value is -4.36. The summed E-state index contributed by atoms with van der Waals surface area (Å²) in [4.78, 5) is 28.6. The molecule has 0 aromatic heterocycles. The summed E-state index contributed by atoms with van der Waals surface area (Å²) in [5, 5.41) is 14.2. The zero-order valence-electron chi connectivity index (χ0n) is 19.2. The monoisotopic (exact) mass is 494 g/mol. The molecule has 2 N–H and O–H groups in total. The van der Waals surface area contributed by atoms with Crippen LogP contribution in [0.2, 0.25) is 0 Å². The second-order valence-electron chi connectivity index (χ2n) is 8.20. The third-order valence-electron chi connectivity index (χ3n) is 5.60. The van der Waals surface area contributed by atoms with Crippen molar-refractivity contribution in [1.29, 1.82) is 0 Å². The second kappa shape index (κ2) is 10.5. The highest BCUT2D eigenvalue weighted by molar-refractivity contribution is 8.18. The van der Waals surface area contributed by atoms with Crippen molar-refractivity contribution in [2.75, 3.05) is 0 Å². The SMILES string of the molecule is O=C(O)Cc1ccc(N=C2NC(=O)C(=Cc3ccc4ccccc4c3OCc3ccccc3)S2)cc1. The van der Waals surface area contributed by atoms with Crippen LogP contribution in [0.15, 0.2) is 101 Å². The maximum absolute atomic E-state index is 12.7. The highest BCUT2D eigenvalue weighted by Gasteiger charge is 2.24. The average Bonchev–Trinajstić information content (AvgIpc) is 3.23. The third-order valence-corrected chi connectivity index (χ3v) is 6.51. The Morgan fingerprint density at radius 2 is 1.67 bits per heavy atom. The molecule has 4 aromatic carbocycles. The molecular weight excluding hydrogens is 472 g/mol. The number of amidine groups is 1. The largest absolute Gasteiger partial charge is 0.488 e. The number of aliphatic carboxylic acids is 1. The lowest BCUT2D eigenvalue weighted by Gasteiger charge is -2.13. The van der Waals surface area contributed by atoms with Crippen molar-refractivity contribution in [3.05, 3.63) is 113 Å². The van der Waals surface area contributed by atoms with Crippen molar-refractivity contribution in [2.45, 2.75) is 13.0 Å². The van der Waals surface area contributed by atoms with Crippen molar-refractivity contribution in [3.63, 3.8) is 0 Å². The highest BCUT2D eigenvalue weighted by atomic mass is 32.2. The molecule has 1 aliphatic heterocycles. The first-order valence-electron chi connectivity index (χ1n) is 11.3. The van der Waals surface area contributed by atoms with Gasteiger partial charge in [-0.1, -0.05) is 78.9 Å². The number of thioether (sulfide) groups is 1. The Bertz CT molecular complexity index is 1500. The van der Waals surface area contributed by atoms with Gasteiger partial charge in [-0.3, -0.25) is 9.59 Å². The standard InChI is InChI=1S/C29H22N2O4S/c32-26(33)16-19-10-14-23(15-11-19)30-29-31-28(34)25(36-29)17-22-13-12-21-8-4-5-9-24(21)27(22)35-18-20-6-2-1-3-7-20/h1-15,17H,16,18H2,(H,32,33)(H,30,31,34). The smallest absolute Gasteiger partial charge is 0.307 e. The molecule has 0 unspecified atom stereocenters. The molecule has 0 atom stereocenters. The molecule has 1 saturated heterocycles. The quantitative estimate of drug-likeness (QED) is 0.311. The highest BCUT2D eigenvalue weighted by Crippen LogP contribution is 2.35. The first kappa shape index (κ1) is 23.4. The summed E-state index contributed by atoms with van der Waals surface area (Å²) >= 11 is 1.25. The van der Waals surface area contributed by atoms with E-state index in [1.165, 1.54) is 11.8 Å². The van der Waals surface area contributed by atoms with Crippen molar-refractivity contribution >= 4 is 51.3 Å². The lowest BCUT2D eigenvalue weighted by molar-refractivity contribution is -0.136. The Labute approximate surface area is 212 Å². The van der Waals surface area contributed by atoms with Crippen LogP contribution in [0.25, 0.3) is 16.8 Å². The summed E-state index contributed by atoms with van der Waals surface area (Å²) in [6.45, 7) is 0.412. The van der Waals surface area contributed by atoms with E-state index in [1.807, 2.05) is 72.8 Å². The summed E-state index contributed by atoms with van der Waals surface area (Å²) in [7, 11) is 0. The van der Waals surface area contributed by atoms with E-state index in [-0.39, 0.29) is 12.3 Å². The summed E-state index contributed by atoms with van der Waals surface area (Å²) in [5.74, 6) is -0.399. The minimum Gasteiger partial charge on any atom is -0.488 e. The van der Waals surface area contributed by atoms with E-state index in [0.717, 1.165) is 27.6 Å². The maximum Gasteiger partial charge on any atom is 0.307 e. The van der Waals surface area contributed by atoms with Crippen molar-refractivity contribution in [2.24, 2.45) is 4.99 Å². The molecule has 7 heteroatoms. The second-order valence-corrected chi connectivity index (χ2v) is 9.23. The summed E-state index contributed by atoms with van der Waals surface area (Å²) in [6, 6.07) is 28.8. The molecule has 0 radical (unpaired) electrons. The summed E-state index contributed by atoms with van der Waals surface area (Å²) in [6.07, 6.45) is 1.78. The Morgan fingerprint density at radius 3 is 2.44 bits per heavy atom. The number of nitrogens with one attached hydrogen (secondary N) is 1. The van der Waals surface area contributed by atoms with Crippen LogP contribution >= 0.6 is 11.8 Å². The molecule has 1 aliphatic rings. The van der Waals surface area contributed by atoms with Gasteiger partial charge >= 0.3 is 5.97 Å². The molecule has 5 rings (SSSR count). The van der Waals surface area contributed by atoms with E-state index < -0.39 is 5.97 Å². The molecule has 36 heavy (non-hydrogen) atoms. The Balaban J connectivity index is 1.42. The summed E-state index contributed by atoms with van der Waals surface area (Å²) in [5.41, 5.74) is 3.18. The zero-order valence-corrected chi connectivity index (χ0v) is 20.0. The van der Waals surface area contributed by atoms with Gasteiger partial charge in [-0.05, 0) is 46.5 Å². The number of ether oxygens (including phenoxy) is 1. The minimum absolute atomic E-state index is 0.0460. The predicted molar refractivity (Wildman–Crippen MR) is 143 cm³/mol. The molecule has 0 aliphatic carbocycles. The molecule has 4 aromatic rings. The lowest BCUT2D eigenvalue weighted by atomic mass is 10.0. The van der Waals surface area contributed by atoms with Crippen LogP contribution in [0.5, 0.6) is 5.75 Å². The number of hydrogen-bond acceptors (Lipinski definition) is 5. The number of carbonyl (C=O) groups excluding carboxylic acids is 1.